The average Bonchev–Trinajstić information content (AvgIpc) is 2.79. The average molecular weight is 437 g/mol. The van der Waals surface area contributed by atoms with E-state index in [2.05, 4.69) is 15.3 Å². The van der Waals surface area contributed by atoms with Gasteiger partial charge in [0.2, 0.25) is 5.91 Å². The van der Waals surface area contributed by atoms with E-state index >= 15 is 0 Å². The highest BCUT2D eigenvalue weighted by Gasteiger charge is 2.21. The fourth-order valence-corrected chi connectivity index (χ4v) is 4.30. The molecule has 3 rings (SSSR count). The number of carbonyl (C=O) groups is 1. The summed E-state index contributed by atoms with van der Waals surface area (Å²) in [4.78, 5) is 34.6. The van der Waals surface area contributed by atoms with E-state index < -0.39 is 0 Å². The van der Waals surface area contributed by atoms with Crippen molar-refractivity contribution in [1.29, 1.82) is 0 Å². The molecule has 1 unspecified atom stereocenters. The summed E-state index contributed by atoms with van der Waals surface area (Å²) in [5.41, 5.74) is 3.34. The maximum atomic E-state index is 13.0. The Morgan fingerprint density at radius 1 is 1.16 bits per heavy atom. The van der Waals surface area contributed by atoms with Crippen LogP contribution in [0.3, 0.4) is 0 Å². The molecule has 1 atom stereocenters. The van der Waals surface area contributed by atoms with Gasteiger partial charge in [-0.3, -0.25) is 19.1 Å². The third-order valence-electron chi connectivity index (χ3n) is 5.09. The largest absolute Gasteiger partial charge is 0.355 e. The Morgan fingerprint density at radius 2 is 1.90 bits per heavy atom. The molecule has 31 heavy (non-hydrogen) atoms. The van der Waals surface area contributed by atoms with Crippen LogP contribution in [0.5, 0.6) is 0 Å². The van der Waals surface area contributed by atoms with Crippen molar-refractivity contribution in [3.8, 4) is 0 Å². The van der Waals surface area contributed by atoms with Crippen LogP contribution in [0.2, 0.25) is 0 Å². The second-order valence-corrected chi connectivity index (χ2v) is 8.53. The van der Waals surface area contributed by atoms with E-state index in [0.29, 0.717) is 42.2 Å². The summed E-state index contributed by atoms with van der Waals surface area (Å²) in [5.74, 6) is -0.0521. The number of nitrogens with zero attached hydrogens (tertiary/aromatic N) is 3. The third kappa shape index (κ3) is 6.04. The van der Waals surface area contributed by atoms with Gasteiger partial charge in [-0.15, -0.1) is 0 Å². The van der Waals surface area contributed by atoms with E-state index in [1.54, 1.807) is 17.8 Å². The Labute approximate surface area is 187 Å². The molecule has 7 heteroatoms. The number of thioether (sulfide) groups is 1. The van der Waals surface area contributed by atoms with Gasteiger partial charge >= 0.3 is 0 Å². The minimum absolute atomic E-state index is 0.0521. The van der Waals surface area contributed by atoms with E-state index in [9.17, 15) is 9.59 Å². The van der Waals surface area contributed by atoms with Gasteiger partial charge in [-0.1, -0.05) is 55.1 Å². The first-order valence-corrected chi connectivity index (χ1v) is 11.3. The van der Waals surface area contributed by atoms with Crippen LogP contribution in [0.4, 0.5) is 0 Å². The number of pyridine rings is 1. The molecule has 0 radical (unpaired) electrons. The number of aromatic nitrogens is 3. The third-order valence-corrected chi connectivity index (χ3v) is 6.50. The van der Waals surface area contributed by atoms with Gasteiger partial charge in [0.1, 0.15) is 0 Å². The van der Waals surface area contributed by atoms with E-state index in [-0.39, 0.29) is 16.7 Å². The molecule has 6 nitrogen and oxygen atoms in total. The van der Waals surface area contributed by atoms with Crippen LogP contribution in [-0.4, -0.2) is 32.2 Å². The van der Waals surface area contributed by atoms with Crippen LogP contribution in [0.25, 0.3) is 0 Å². The zero-order chi connectivity index (χ0) is 22.2. The summed E-state index contributed by atoms with van der Waals surface area (Å²) in [6.07, 6.45) is 3.61. The molecule has 0 aliphatic carbocycles. The SMILES string of the molecule is CCC(Sc1nc(C)c(Cc2ccccc2)c(=O)n1C)C(=O)NCCc1ccccn1. The van der Waals surface area contributed by atoms with Crippen molar-refractivity contribution in [3.63, 3.8) is 0 Å². The quantitative estimate of drug-likeness (QED) is 0.411. The molecule has 0 aliphatic heterocycles. The van der Waals surface area contributed by atoms with Crippen LogP contribution in [0, 0.1) is 6.92 Å². The summed E-state index contributed by atoms with van der Waals surface area (Å²) in [7, 11) is 1.72. The predicted octanol–water partition coefficient (Wildman–Crippen LogP) is 3.30. The molecular weight excluding hydrogens is 408 g/mol. The Kier molecular flexibility index (Phi) is 8.00. The van der Waals surface area contributed by atoms with E-state index in [0.717, 1.165) is 11.3 Å². The lowest BCUT2D eigenvalue weighted by atomic mass is 10.1. The van der Waals surface area contributed by atoms with E-state index in [1.807, 2.05) is 62.4 Å². The lowest BCUT2D eigenvalue weighted by Gasteiger charge is -2.17. The number of rotatable bonds is 9. The predicted molar refractivity (Wildman–Crippen MR) is 124 cm³/mol. The topological polar surface area (TPSA) is 76.9 Å². The van der Waals surface area contributed by atoms with Crippen LogP contribution in [0.1, 0.15) is 35.9 Å². The fraction of sp³-hybridized carbons (Fsp3) is 0.333. The van der Waals surface area contributed by atoms with E-state index in [4.69, 9.17) is 0 Å². The number of hydrogen-bond donors (Lipinski definition) is 1. The Balaban J connectivity index is 1.68. The molecular formula is C24H28N4O2S. The highest BCUT2D eigenvalue weighted by molar-refractivity contribution is 8.00. The van der Waals surface area contributed by atoms with Crippen LogP contribution in [-0.2, 0) is 24.7 Å². The molecule has 0 saturated heterocycles. The summed E-state index contributed by atoms with van der Waals surface area (Å²) in [5, 5.41) is 3.22. The van der Waals surface area contributed by atoms with Gasteiger partial charge in [0.25, 0.3) is 5.56 Å². The van der Waals surface area contributed by atoms with Crippen molar-refractivity contribution in [3.05, 3.63) is 87.6 Å². The van der Waals surface area contributed by atoms with Crippen molar-refractivity contribution in [2.45, 2.75) is 43.5 Å². The number of aryl methyl sites for hydroxylation is 1. The lowest BCUT2D eigenvalue weighted by molar-refractivity contribution is -0.120. The van der Waals surface area contributed by atoms with Crippen LogP contribution < -0.4 is 10.9 Å². The highest BCUT2D eigenvalue weighted by Crippen LogP contribution is 2.24. The molecule has 1 N–H and O–H groups in total. The second kappa shape index (κ2) is 10.9. The van der Waals surface area contributed by atoms with Gasteiger partial charge in [0, 0.05) is 49.6 Å². The molecule has 0 saturated carbocycles. The second-order valence-electron chi connectivity index (χ2n) is 7.36. The molecule has 0 bridgehead atoms. The molecule has 0 spiro atoms. The highest BCUT2D eigenvalue weighted by atomic mass is 32.2. The molecule has 1 aromatic carbocycles. The van der Waals surface area contributed by atoms with Gasteiger partial charge in [-0.2, -0.15) is 0 Å². The number of carbonyl (C=O) groups excluding carboxylic acids is 1. The van der Waals surface area contributed by atoms with Crippen LogP contribution in [0.15, 0.2) is 64.7 Å². The Bertz CT molecular complexity index is 1070. The summed E-state index contributed by atoms with van der Waals surface area (Å²) < 4.78 is 1.56. The standard InChI is InChI=1S/C24H28N4O2S/c1-4-21(22(29)26-15-13-19-12-8-9-14-25-19)31-24-27-17(2)20(23(30)28(24)3)16-18-10-6-5-7-11-18/h5-12,14,21H,4,13,15-16H2,1-3H3,(H,26,29). The van der Waals surface area contributed by atoms with Crippen molar-refractivity contribution in [1.82, 2.24) is 19.9 Å². The van der Waals surface area contributed by atoms with E-state index in [1.165, 1.54) is 11.8 Å². The zero-order valence-corrected chi connectivity index (χ0v) is 19.0. The maximum Gasteiger partial charge on any atom is 0.257 e. The molecule has 0 fully saturated rings. The molecule has 3 aromatic rings. The molecule has 162 valence electrons. The van der Waals surface area contributed by atoms with Gasteiger partial charge in [0.05, 0.1) is 5.25 Å². The molecule has 2 aromatic heterocycles. The smallest absolute Gasteiger partial charge is 0.257 e. The van der Waals surface area contributed by atoms with Gasteiger partial charge in [-0.05, 0) is 31.0 Å². The normalized spacial score (nSPS) is 11.8. The van der Waals surface area contributed by atoms with Gasteiger partial charge < -0.3 is 5.32 Å². The van der Waals surface area contributed by atoms with Gasteiger partial charge in [0.15, 0.2) is 5.16 Å². The van der Waals surface area contributed by atoms with Crippen LogP contribution >= 0.6 is 11.8 Å². The van der Waals surface area contributed by atoms with Gasteiger partial charge in [-0.25, -0.2) is 4.98 Å². The zero-order valence-electron chi connectivity index (χ0n) is 18.2. The molecule has 2 heterocycles. The summed E-state index contributed by atoms with van der Waals surface area (Å²) in [6, 6.07) is 15.6. The fourth-order valence-electron chi connectivity index (χ4n) is 3.26. The first kappa shape index (κ1) is 22.7. The minimum atomic E-state index is -0.318. The maximum absolute atomic E-state index is 13.0. The summed E-state index contributed by atoms with van der Waals surface area (Å²) >= 11 is 1.34. The molecule has 0 aliphatic rings. The number of benzene rings is 1. The molecule has 1 amide bonds. The minimum Gasteiger partial charge on any atom is -0.355 e. The Morgan fingerprint density at radius 3 is 2.58 bits per heavy atom. The Hall–Kier alpha value is -2.93. The first-order valence-electron chi connectivity index (χ1n) is 10.4. The van der Waals surface area contributed by atoms with Crippen molar-refractivity contribution >= 4 is 17.7 Å². The summed E-state index contributed by atoms with van der Waals surface area (Å²) in [6.45, 7) is 4.34. The number of amides is 1. The van der Waals surface area contributed by atoms with Crippen molar-refractivity contribution < 1.29 is 4.79 Å². The van der Waals surface area contributed by atoms with Crippen molar-refractivity contribution in [2.75, 3.05) is 6.54 Å². The lowest BCUT2D eigenvalue weighted by Crippen LogP contribution is -2.35. The first-order chi connectivity index (χ1) is 15.0. The van der Waals surface area contributed by atoms with Crippen molar-refractivity contribution in [2.24, 2.45) is 7.05 Å². The monoisotopic (exact) mass is 436 g/mol. The number of hydrogen-bond acceptors (Lipinski definition) is 5. The number of nitrogens with one attached hydrogen (secondary N) is 1.